The van der Waals surface area contributed by atoms with Crippen LogP contribution in [-0.4, -0.2) is 53.7 Å². The number of amides is 1. The highest BCUT2D eigenvalue weighted by molar-refractivity contribution is 5.77. The number of aromatic nitrogens is 2. The van der Waals surface area contributed by atoms with Crippen LogP contribution in [0, 0.1) is 5.92 Å². The minimum Gasteiger partial charge on any atom is -0.497 e. The molecule has 0 spiro atoms. The Morgan fingerprint density at radius 1 is 1.33 bits per heavy atom. The smallest absolute Gasteiger partial charge is 0.236 e. The van der Waals surface area contributed by atoms with Crippen molar-refractivity contribution in [3.63, 3.8) is 0 Å². The number of benzene rings is 1. The van der Waals surface area contributed by atoms with E-state index in [1.807, 2.05) is 24.3 Å². The van der Waals surface area contributed by atoms with E-state index in [0.717, 1.165) is 30.3 Å². The first-order valence-electron chi connectivity index (χ1n) is 9.53. The summed E-state index contributed by atoms with van der Waals surface area (Å²) in [5, 5.41) is 6.93. The van der Waals surface area contributed by atoms with E-state index >= 15 is 0 Å². The molecule has 1 unspecified atom stereocenters. The van der Waals surface area contributed by atoms with Crippen molar-refractivity contribution < 1.29 is 14.1 Å². The number of carbonyl (C=O) groups excluding carboxylic acids is 1. The van der Waals surface area contributed by atoms with Crippen LogP contribution in [0.4, 0.5) is 0 Å². The molecule has 0 bridgehead atoms. The van der Waals surface area contributed by atoms with E-state index in [0.29, 0.717) is 24.3 Å². The van der Waals surface area contributed by atoms with Crippen LogP contribution in [0.5, 0.6) is 5.75 Å². The maximum Gasteiger partial charge on any atom is 0.236 e. The summed E-state index contributed by atoms with van der Waals surface area (Å²) in [7, 11) is 1.62. The molecule has 1 aliphatic rings. The number of carbonyl (C=O) groups is 1. The Morgan fingerprint density at radius 2 is 2.04 bits per heavy atom. The fraction of sp³-hybridized carbons (Fsp3) is 0.550. The highest BCUT2D eigenvalue weighted by Crippen LogP contribution is 2.20. The Hall–Kier alpha value is -2.41. The Morgan fingerprint density at radius 3 is 2.70 bits per heavy atom. The molecule has 0 radical (unpaired) electrons. The molecular weight excluding hydrogens is 344 g/mol. The third kappa shape index (κ3) is 5.29. The van der Waals surface area contributed by atoms with Gasteiger partial charge in [0.05, 0.1) is 7.11 Å². The van der Waals surface area contributed by atoms with E-state index in [1.165, 1.54) is 12.8 Å². The van der Waals surface area contributed by atoms with Crippen LogP contribution in [0.25, 0.3) is 11.4 Å². The van der Waals surface area contributed by atoms with Crippen LogP contribution in [0.1, 0.15) is 32.6 Å². The summed E-state index contributed by atoms with van der Waals surface area (Å²) in [5.41, 5.74) is 0.819. The van der Waals surface area contributed by atoms with Crippen LogP contribution in [-0.2, 0) is 11.2 Å². The molecule has 7 nitrogen and oxygen atoms in total. The first-order valence-corrected chi connectivity index (χ1v) is 9.53. The average Bonchev–Trinajstić information content (AvgIpc) is 3.15. The zero-order valence-corrected chi connectivity index (χ0v) is 16.3. The van der Waals surface area contributed by atoms with Gasteiger partial charge in [-0.25, -0.2) is 0 Å². The van der Waals surface area contributed by atoms with Gasteiger partial charge >= 0.3 is 0 Å². The van der Waals surface area contributed by atoms with E-state index in [4.69, 9.17) is 9.26 Å². The third-order valence-corrected chi connectivity index (χ3v) is 5.16. The Bertz CT molecular complexity index is 736. The fourth-order valence-electron chi connectivity index (χ4n) is 3.24. The van der Waals surface area contributed by atoms with Gasteiger partial charge in [-0.2, -0.15) is 4.98 Å². The van der Waals surface area contributed by atoms with Crippen molar-refractivity contribution in [3.8, 4) is 17.1 Å². The SMILES string of the molecule is COc1ccc(-c2noc(CC(=O)NCC(C)N3CCC(C)CC3)n2)cc1. The maximum absolute atomic E-state index is 12.2. The lowest BCUT2D eigenvalue weighted by atomic mass is 9.98. The van der Waals surface area contributed by atoms with Gasteiger partial charge in [-0.1, -0.05) is 12.1 Å². The minimum atomic E-state index is -0.0999. The molecule has 7 heteroatoms. The summed E-state index contributed by atoms with van der Waals surface area (Å²) < 4.78 is 10.4. The molecule has 1 fully saturated rings. The first-order chi connectivity index (χ1) is 13.0. The summed E-state index contributed by atoms with van der Waals surface area (Å²) in [4.78, 5) is 19.0. The first kappa shape index (κ1) is 19.4. The standard InChI is InChI=1S/C20H28N4O3/c1-14-8-10-24(11-9-14)15(2)13-21-18(25)12-19-22-20(23-27-19)16-4-6-17(26-3)7-5-16/h4-7,14-15H,8-13H2,1-3H3,(H,21,25). The molecule has 1 aliphatic heterocycles. The zero-order valence-electron chi connectivity index (χ0n) is 16.3. The highest BCUT2D eigenvalue weighted by Gasteiger charge is 2.21. The Labute approximate surface area is 160 Å². The number of piperidine rings is 1. The summed E-state index contributed by atoms with van der Waals surface area (Å²) in [6.07, 6.45) is 2.55. The third-order valence-electron chi connectivity index (χ3n) is 5.16. The van der Waals surface area contributed by atoms with Crippen molar-refractivity contribution in [1.82, 2.24) is 20.4 Å². The molecule has 1 aromatic carbocycles. The normalized spacial score (nSPS) is 16.9. The number of methoxy groups -OCH3 is 1. The second kappa shape index (κ2) is 8.99. The molecule has 146 valence electrons. The number of nitrogens with zero attached hydrogens (tertiary/aromatic N) is 3. The van der Waals surface area contributed by atoms with Crippen LogP contribution < -0.4 is 10.1 Å². The van der Waals surface area contributed by atoms with Gasteiger partial charge in [0.2, 0.25) is 17.6 Å². The van der Waals surface area contributed by atoms with Crippen molar-refractivity contribution in [2.75, 3.05) is 26.7 Å². The van der Waals surface area contributed by atoms with E-state index in [-0.39, 0.29) is 12.3 Å². The Balaban J connectivity index is 1.47. The number of rotatable bonds is 7. The van der Waals surface area contributed by atoms with Gasteiger partial charge in [-0.3, -0.25) is 9.69 Å². The van der Waals surface area contributed by atoms with Gasteiger partial charge in [0.15, 0.2) is 0 Å². The molecular formula is C20H28N4O3. The van der Waals surface area contributed by atoms with Crippen molar-refractivity contribution >= 4 is 5.91 Å². The molecule has 1 N–H and O–H groups in total. The van der Waals surface area contributed by atoms with E-state index < -0.39 is 0 Å². The molecule has 0 saturated carbocycles. The van der Waals surface area contributed by atoms with Crippen LogP contribution >= 0.6 is 0 Å². The largest absolute Gasteiger partial charge is 0.497 e. The second-order valence-corrected chi connectivity index (χ2v) is 7.29. The Kier molecular flexibility index (Phi) is 6.45. The molecule has 2 heterocycles. The quantitative estimate of drug-likeness (QED) is 0.804. The molecule has 27 heavy (non-hydrogen) atoms. The van der Waals surface area contributed by atoms with Crippen LogP contribution in [0.15, 0.2) is 28.8 Å². The molecule has 1 saturated heterocycles. The van der Waals surface area contributed by atoms with Crippen LogP contribution in [0.2, 0.25) is 0 Å². The summed E-state index contributed by atoms with van der Waals surface area (Å²) in [6, 6.07) is 7.71. The van der Waals surface area contributed by atoms with Crippen molar-refractivity contribution in [1.29, 1.82) is 0 Å². The molecule has 1 aromatic heterocycles. The van der Waals surface area contributed by atoms with Crippen LogP contribution in [0.3, 0.4) is 0 Å². The average molecular weight is 372 g/mol. The van der Waals surface area contributed by atoms with Gasteiger partial charge in [-0.05, 0) is 63.0 Å². The van der Waals surface area contributed by atoms with Gasteiger partial charge in [0.25, 0.3) is 0 Å². The van der Waals surface area contributed by atoms with E-state index in [9.17, 15) is 4.79 Å². The fourth-order valence-corrected chi connectivity index (χ4v) is 3.24. The lowest BCUT2D eigenvalue weighted by molar-refractivity contribution is -0.121. The lowest BCUT2D eigenvalue weighted by Crippen LogP contribution is -2.45. The summed E-state index contributed by atoms with van der Waals surface area (Å²) >= 11 is 0. The van der Waals surface area contributed by atoms with Gasteiger partial charge in [0.1, 0.15) is 12.2 Å². The molecule has 3 rings (SSSR count). The molecule has 2 aromatic rings. The van der Waals surface area contributed by atoms with Crippen molar-refractivity contribution in [2.45, 2.75) is 39.2 Å². The van der Waals surface area contributed by atoms with E-state index in [2.05, 4.69) is 34.2 Å². The van der Waals surface area contributed by atoms with Gasteiger partial charge in [-0.15, -0.1) is 0 Å². The van der Waals surface area contributed by atoms with E-state index in [1.54, 1.807) is 7.11 Å². The topological polar surface area (TPSA) is 80.5 Å². The zero-order chi connectivity index (χ0) is 19.2. The number of nitrogens with one attached hydrogen (secondary N) is 1. The minimum absolute atomic E-state index is 0.0902. The number of hydrogen-bond acceptors (Lipinski definition) is 6. The van der Waals surface area contributed by atoms with Gasteiger partial charge in [0, 0.05) is 18.2 Å². The molecule has 1 atom stereocenters. The number of ether oxygens (including phenoxy) is 1. The van der Waals surface area contributed by atoms with Crippen molar-refractivity contribution in [2.24, 2.45) is 5.92 Å². The molecule has 0 aliphatic carbocycles. The monoisotopic (exact) mass is 372 g/mol. The number of likely N-dealkylation sites (tertiary alicyclic amines) is 1. The predicted octanol–water partition coefficient (Wildman–Crippen LogP) is 2.52. The lowest BCUT2D eigenvalue weighted by Gasteiger charge is -2.34. The summed E-state index contributed by atoms with van der Waals surface area (Å²) in [5.74, 6) is 2.26. The summed E-state index contributed by atoms with van der Waals surface area (Å²) in [6.45, 7) is 7.30. The predicted molar refractivity (Wildman–Crippen MR) is 102 cm³/mol. The molecule has 1 amide bonds. The maximum atomic E-state index is 12.2. The van der Waals surface area contributed by atoms with Gasteiger partial charge < -0.3 is 14.6 Å². The number of hydrogen-bond donors (Lipinski definition) is 1. The highest BCUT2D eigenvalue weighted by atomic mass is 16.5. The van der Waals surface area contributed by atoms with Crippen molar-refractivity contribution in [3.05, 3.63) is 30.2 Å². The second-order valence-electron chi connectivity index (χ2n) is 7.29.